The van der Waals surface area contributed by atoms with Crippen LogP contribution in [0, 0.1) is 0 Å². The maximum Gasteiger partial charge on any atom is 0.189 e. The van der Waals surface area contributed by atoms with Gasteiger partial charge in [-0.2, -0.15) is 0 Å². The first kappa shape index (κ1) is 17.6. The van der Waals surface area contributed by atoms with Crippen LogP contribution in [0.25, 0.3) is 0 Å². The van der Waals surface area contributed by atoms with Gasteiger partial charge in [-0.15, -0.1) is 0 Å². The quantitative estimate of drug-likeness (QED) is 0.650. The van der Waals surface area contributed by atoms with Gasteiger partial charge >= 0.3 is 0 Å². The Balaban J connectivity index is 1.43. The van der Waals surface area contributed by atoms with Crippen molar-refractivity contribution >= 4 is 21.7 Å². The van der Waals surface area contributed by atoms with E-state index in [1.807, 2.05) is 36.4 Å². The third kappa shape index (κ3) is 3.67. The first-order chi connectivity index (χ1) is 12.5. The number of fused-ring (bicyclic) bond motifs is 1. The van der Waals surface area contributed by atoms with Crippen molar-refractivity contribution in [3.63, 3.8) is 0 Å². The molecule has 4 rings (SSSR count). The maximum atomic E-state index is 15.3. The summed E-state index contributed by atoms with van der Waals surface area (Å²) in [7, 11) is 0. The van der Waals surface area contributed by atoms with E-state index in [0.717, 1.165) is 16.6 Å². The molecule has 0 spiro atoms. The summed E-state index contributed by atoms with van der Waals surface area (Å²) in [6.45, 7) is 2.27. The molecule has 0 radical (unpaired) electrons. The molecule has 0 bridgehead atoms. The Bertz CT molecular complexity index is 854. The van der Waals surface area contributed by atoms with Crippen molar-refractivity contribution < 1.29 is 9.18 Å². The summed E-state index contributed by atoms with van der Waals surface area (Å²) >= 11 is 3.44. The van der Waals surface area contributed by atoms with E-state index in [1.54, 1.807) is 6.08 Å². The van der Waals surface area contributed by atoms with Crippen molar-refractivity contribution in [2.75, 3.05) is 13.1 Å². The molecule has 1 aliphatic heterocycles. The number of allylic oxidation sites excluding steroid dienone is 2. The molecule has 4 heteroatoms. The Morgan fingerprint density at radius 2 is 1.85 bits per heavy atom. The lowest BCUT2D eigenvalue weighted by Gasteiger charge is -2.35. The molecule has 0 atom stereocenters. The highest BCUT2D eigenvalue weighted by Gasteiger charge is 2.35. The minimum Gasteiger partial charge on any atom is -0.299 e. The summed E-state index contributed by atoms with van der Waals surface area (Å²) in [6, 6.07) is 15.9. The number of likely N-dealkylation sites (tertiary alicyclic amines) is 1. The fraction of sp³-hybridized carbons (Fsp3) is 0.318. The molecule has 0 saturated carbocycles. The number of ketones is 1. The van der Waals surface area contributed by atoms with E-state index in [2.05, 4.69) is 33.0 Å². The van der Waals surface area contributed by atoms with Gasteiger partial charge in [0.25, 0.3) is 0 Å². The van der Waals surface area contributed by atoms with Crippen LogP contribution in [0.2, 0.25) is 0 Å². The van der Waals surface area contributed by atoms with Gasteiger partial charge in [0, 0.05) is 41.7 Å². The van der Waals surface area contributed by atoms with E-state index in [4.69, 9.17) is 0 Å². The molecule has 1 fully saturated rings. The first-order valence-electron chi connectivity index (χ1n) is 9.02. The third-order valence-electron chi connectivity index (χ3n) is 5.35. The molecule has 26 heavy (non-hydrogen) atoms. The Morgan fingerprint density at radius 3 is 2.58 bits per heavy atom. The topological polar surface area (TPSA) is 20.3 Å². The molecular weight excluding hydrogens is 393 g/mol. The molecule has 2 nitrogen and oxygen atoms in total. The second-order valence-corrected chi connectivity index (χ2v) is 8.19. The van der Waals surface area contributed by atoms with E-state index >= 15 is 4.39 Å². The Morgan fingerprint density at radius 1 is 1.12 bits per heavy atom. The number of hydrogen-bond donors (Lipinski definition) is 0. The standard InChI is InChI=1S/C22H21BrFNO/c23-19-6-7-20-17(13-19)12-18(21(20)26)14-22(24)8-10-25(11-9-22)15-16-4-2-1-3-5-16/h1-7,13-14H,8-12,15H2/b18-14+. The van der Waals surface area contributed by atoms with Crippen molar-refractivity contribution in [3.8, 4) is 0 Å². The summed E-state index contributed by atoms with van der Waals surface area (Å²) in [5.41, 5.74) is 2.18. The molecule has 1 aliphatic carbocycles. The summed E-state index contributed by atoms with van der Waals surface area (Å²) in [5, 5.41) is 0. The molecule has 0 aromatic heterocycles. The van der Waals surface area contributed by atoms with Crippen LogP contribution in [0.15, 0.2) is 64.7 Å². The van der Waals surface area contributed by atoms with Gasteiger partial charge < -0.3 is 0 Å². The molecule has 1 heterocycles. The average molecular weight is 414 g/mol. The number of rotatable bonds is 3. The molecule has 0 unspecified atom stereocenters. The number of benzene rings is 2. The molecule has 1 saturated heterocycles. The van der Waals surface area contributed by atoms with E-state index in [-0.39, 0.29) is 5.78 Å². The minimum absolute atomic E-state index is 0.0174. The summed E-state index contributed by atoms with van der Waals surface area (Å²) in [5.74, 6) is -0.0174. The number of piperidine rings is 1. The Hall–Kier alpha value is -1.78. The number of nitrogens with zero attached hydrogens (tertiary/aromatic N) is 1. The van der Waals surface area contributed by atoms with Crippen molar-refractivity contribution in [2.45, 2.75) is 31.5 Å². The molecule has 2 aliphatic rings. The van der Waals surface area contributed by atoms with Crippen LogP contribution in [0.1, 0.15) is 34.3 Å². The van der Waals surface area contributed by atoms with Gasteiger partial charge in [-0.25, -0.2) is 4.39 Å². The van der Waals surface area contributed by atoms with Crippen LogP contribution in [0.4, 0.5) is 4.39 Å². The number of hydrogen-bond acceptors (Lipinski definition) is 2. The van der Waals surface area contributed by atoms with Gasteiger partial charge in [0.05, 0.1) is 0 Å². The number of alkyl halides is 1. The van der Waals surface area contributed by atoms with E-state index in [9.17, 15) is 4.79 Å². The van der Waals surface area contributed by atoms with Crippen LogP contribution in [0.5, 0.6) is 0 Å². The molecule has 0 N–H and O–H groups in total. The van der Waals surface area contributed by atoms with Crippen LogP contribution >= 0.6 is 15.9 Å². The van der Waals surface area contributed by atoms with Crippen molar-refractivity contribution in [3.05, 3.63) is 81.3 Å². The van der Waals surface area contributed by atoms with Crippen molar-refractivity contribution in [1.82, 2.24) is 4.90 Å². The smallest absolute Gasteiger partial charge is 0.189 e. The second kappa shape index (κ2) is 7.09. The average Bonchev–Trinajstić information content (AvgIpc) is 2.93. The molecule has 2 aromatic carbocycles. The Kier molecular flexibility index (Phi) is 4.80. The van der Waals surface area contributed by atoms with Gasteiger partial charge in [-0.1, -0.05) is 46.3 Å². The lowest BCUT2D eigenvalue weighted by atomic mass is 9.90. The summed E-state index contributed by atoms with van der Waals surface area (Å²) < 4.78 is 16.3. The van der Waals surface area contributed by atoms with Crippen LogP contribution in [-0.4, -0.2) is 29.4 Å². The Labute approximate surface area is 161 Å². The third-order valence-corrected chi connectivity index (χ3v) is 5.85. The number of halogens is 2. The maximum absolute atomic E-state index is 15.3. The van der Waals surface area contributed by atoms with Gasteiger partial charge in [-0.3, -0.25) is 9.69 Å². The second-order valence-electron chi connectivity index (χ2n) is 7.27. The number of carbonyl (C=O) groups excluding carboxylic acids is 1. The molecular formula is C22H21BrFNO. The van der Waals surface area contributed by atoms with Gasteiger partial charge in [0.15, 0.2) is 5.78 Å². The first-order valence-corrected chi connectivity index (χ1v) is 9.82. The summed E-state index contributed by atoms with van der Waals surface area (Å²) in [4.78, 5) is 14.9. The number of carbonyl (C=O) groups is 1. The zero-order valence-corrected chi connectivity index (χ0v) is 16.1. The zero-order chi connectivity index (χ0) is 18.1. The molecule has 134 valence electrons. The van der Waals surface area contributed by atoms with Gasteiger partial charge in [-0.05, 0) is 48.2 Å². The zero-order valence-electron chi connectivity index (χ0n) is 14.6. The minimum atomic E-state index is -1.38. The van der Waals surface area contributed by atoms with Crippen LogP contribution in [0.3, 0.4) is 0 Å². The number of Topliss-reactive ketones (excluding diaryl/α,β-unsaturated/α-hetero) is 1. The summed E-state index contributed by atoms with van der Waals surface area (Å²) in [6.07, 6.45) is 3.03. The van der Waals surface area contributed by atoms with E-state index < -0.39 is 5.67 Å². The van der Waals surface area contributed by atoms with Gasteiger partial charge in [0.2, 0.25) is 0 Å². The predicted octanol–water partition coefficient (Wildman–Crippen LogP) is 5.12. The normalized spacial score (nSPS) is 21.2. The van der Waals surface area contributed by atoms with E-state index in [0.29, 0.717) is 43.5 Å². The van der Waals surface area contributed by atoms with Crippen molar-refractivity contribution in [1.29, 1.82) is 0 Å². The fourth-order valence-corrected chi connectivity index (χ4v) is 4.29. The predicted molar refractivity (Wildman–Crippen MR) is 105 cm³/mol. The molecule has 0 amide bonds. The van der Waals surface area contributed by atoms with Crippen LogP contribution < -0.4 is 0 Å². The fourth-order valence-electron chi connectivity index (χ4n) is 3.89. The van der Waals surface area contributed by atoms with E-state index in [1.165, 1.54) is 5.56 Å². The lowest BCUT2D eigenvalue weighted by molar-refractivity contribution is 0.0902. The largest absolute Gasteiger partial charge is 0.299 e. The highest BCUT2D eigenvalue weighted by Crippen LogP contribution is 2.35. The highest BCUT2D eigenvalue weighted by atomic mass is 79.9. The SMILES string of the molecule is O=C1/C(=C/C2(F)CCN(Cc3ccccc3)CC2)Cc2cc(Br)ccc21. The van der Waals surface area contributed by atoms with Crippen molar-refractivity contribution in [2.24, 2.45) is 0 Å². The lowest BCUT2D eigenvalue weighted by Crippen LogP contribution is -2.40. The van der Waals surface area contributed by atoms with Gasteiger partial charge in [0.1, 0.15) is 5.67 Å². The highest BCUT2D eigenvalue weighted by molar-refractivity contribution is 9.10. The van der Waals surface area contributed by atoms with Crippen LogP contribution in [-0.2, 0) is 13.0 Å². The monoisotopic (exact) mass is 413 g/mol. The molecule has 2 aromatic rings.